The Morgan fingerprint density at radius 3 is 2.52 bits per heavy atom. The first-order chi connectivity index (χ1) is 9.83. The van der Waals surface area contributed by atoms with Crippen LogP contribution in [0.1, 0.15) is 38.4 Å². The van der Waals surface area contributed by atoms with Gasteiger partial charge in [-0.3, -0.25) is 4.79 Å². The van der Waals surface area contributed by atoms with Gasteiger partial charge in [-0.2, -0.15) is 5.10 Å². The van der Waals surface area contributed by atoms with E-state index >= 15 is 0 Å². The van der Waals surface area contributed by atoms with Gasteiger partial charge in [0.05, 0.1) is 12.2 Å². The van der Waals surface area contributed by atoms with E-state index in [0.717, 1.165) is 17.1 Å². The second-order valence-corrected chi connectivity index (χ2v) is 6.60. The first kappa shape index (κ1) is 15.3. The molecule has 0 aliphatic rings. The van der Waals surface area contributed by atoms with Gasteiger partial charge in [-0.15, -0.1) is 0 Å². The van der Waals surface area contributed by atoms with Crippen molar-refractivity contribution >= 4 is 11.7 Å². The largest absolute Gasteiger partial charge is 0.311 e. The lowest BCUT2D eigenvalue weighted by atomic mass is 9.92. The maximum atomic E-state index is 12.1. The third kappa shape index (κ3) is 4.74. The molecule has 1 amide bonds. The quantitative estimate of drug-likeness (QED) is 0.932. The summed E-state index contributed by atoms with van der Waals surface area (Å²) < 4.78 is 1.84. The lowest BCUT2D eigenvalue weighted by Crippen LogP contribution is -2.21. The van der Waals surface area contributed by atoms with Crippen molar-refractivity contribution in [1.29, 1.82) is 0 Å². The summed E-state index contributed by atoms with van der Waals surface area (Å²) in [4.78, 5) is 12.1. The van der Waals surface area contributed by atoms with Crippen molar-refractivity contribution in [1.82, 2.24) is 9.78 Å². The van der Waals surface area contributed by atoms with E-state index in [0.29, 0.717) is 13.0 Å². The van der Waals surface area contributed by atoms with E-state index in [1.54, 1.807) is 0 Å². The smallest absolute Gasteiger partial charge is 0.226 e. The number of rotatable bonds is 4. The van der Waals surface area contributed by atoms with Crippen LogP contribution in [0.25, 0.3) is 0 Å². The van der Waals surface area contributed by atoms with Gasteiger partial charge in [0, 0.05) is 12.5 Å². The Bertz CT molecular complexity index is 609. The molecule has 0 bridgehead atoms. The predicted molar refractivity (Wildman–Crippen MR) is 85.2 cm³/mol. The molecule has 0 saturated carbocycles. The monoisotopic (exact) mass is 285 g/mol. The second-order valence-electron chi connectivity index (χ2n) is 6.60. The topological polar surface area (TPSA) is 46.9 Å². The number of nitrogens with one attached hydrogen (secondary N) is 1. The van der Waals surface area contributed by atoms with Gasteiger partial charge in [0.2, 0.25) is 5.91 Å². The maximum Gasteiger partial charge on any atom is 0.226 e. The van der Waals surface area contributed by atoms with Gasteiger partial charge in [0.1, 0.15) is 5.82 Å². The number of benzene rings is 1. The average molecular weight is 285 g/mol. The minimum Gasteiger partial charge on any atom is -0.311 e. The SMILES string of the molecule is Cc1cc(NC(=O)CC(C)(C)C)n(Cc2ccccc2)n1. The van der Waals surface area contributed by atoms with Gasteiger partial charge in [-0.25, -0.2) is 4.68 Å². The molecule has 1 aromatic carbocycles. The van der Waals surface area contributed by atoms with Crippen molar-refractivity contribution in [2.45, 2.75) is 40.7 Å². The molecule has 0 unspecified atom stereocenters. The van der Waals surface area contributed by atoms with Gasteiger partial charge >= 0.3 is 0 Å². The molecule has 0 aliphatic heterocycles. The molecular weight excluding hydrogens is 262 g/mol. The summed E-state index contributed by atoms with van der Waals surface area (Å²) in [5.74, 6) is 0.780. The Kier molecular flexibility index (Phi) is 4.46. The van der Waals surface area contributed by atoms with E-state index in [2.05, 4.69) is 43.3 Å². The molecule has 21 heavy (non-hydrogen) atoms. The summed E-state index contributed by atoms with van der Waals surface area (Å²) in [6.07, 6.45) is 0.489. The van der Waals surface area contributed by atoms with Crippen LogP contribution in [-0.2, 0) is 11.3 Å². The number of hydrogen-bond acceptors (Lipinski definition) is 2. The summed E-state index contributed by atoms with van der Waals surface area (Å²) in [6.45, 7) is 8.75. The van der Waals surface area contributed by atoms with E-state index < -0.39 is 0 Å². The highest BCUT2D eigenvalue weighted by Crippen LogP contribution is 2.20. The van der Waals surface area contributed by atoms with E-state index in [9.17, 15) is 4.79 Å². The Hall–Kier alpha value is -2.10. The molecule has 1 heterocycles. The molecule has 112 valence electrons. The predicted octanol–water partition coefficient (Wildman–Crippen LogP) is 3.61. The van der Waals surface area contributed by atoms with Crippen molar-refractivity contribution < 1.29 is 4.79 Å². The summed E-state index contributed by atoms with van der Waals surface area (Å²) in [6, 6.07) is 12.0. The van der Waals surface area contributed by atoms with Crippen molar-refractivity contribution in [2.75, 3.05) is 5.32 Å². The number of amides is 1. The van der Waals surface area contributed by atoms with E-state index in [1.165, 1.54) is 0 Å². The van der Waals surface area contributed by atoms with Crippen LogP contribution < -0.4 is 5.32 Å². The van der Waals surface area contributed by atoms with Crippen LogP contribution in [0.5, 0.6) is 0 Å². The molecule has 2 aromatic rings. The van der Waals surface area contributed by atoms with Crippen LogP contribution >= 0.6 is 0 Å². The molecule has 1 N–H and O–H groups in total. The fourth-order valence-corrected chi connectivity index (χ4v) is 2.19. The highest BCUT2D eigenvalue weighted by molar-refractivity contribution is 5.90. The van der Waals surface area contributed by atoms with Crippen LogP contribution in [0.3, 0.4) is 0 Å². The molecule has 1 aromatic heterocycles. The van der Waals surface area contributed by atoms with Crippen molar-refractivity contribution in [3.05, 3.63) is 47.7 Å². The van der Waals surface area contributed by atoms with Crippen molar-refractivity contribution in [3.63, 3.8) is 0 Å². The molecule has 0 saturated heterocycles. The molecule has 4 nitrogen and oxygen atoms in total. The highest BCUT2D eigenvalue weighted by Gasteiger charge is 2.17. The molecule has 0 fully saturated rings. The van der Waals surface area contributed by atoms with E-state index in [4.69, 9.17) is 0 Å². The molecule has 0 atom stereocenters. The van der Waals surface area contributed by atoms with Crippen LogP contribution in [0.2, 0.25) is 0 Å². The zero-order valence-corrected chi connectivity index (χ0v) is 13.2. The van der Waals surface area contributed by atoms with Crippen LogP contribution in [0.15, 0.2) is 36.4 Å². The summed E-state index contributed by atoms with van der Waals surface area (Å²) in [5.41, 5.74) is 2.03. The number of carbonyl (C=O) groups is 1. The lowest BCUT2D eigenvalue weighted by Gasteiger charge is -2.17. The number of aryl methyl sites for hydroxylation is 1. The first-order valence-electron chi connectivity index (χ1n) is 7.22. The molecule has 4 heteroatoms. The van der Waals surface area contributed by atoms with Crippen LogP contribution in [0.4, 0.5) is 5.82 Å². The normalized spacial score (nSPS) is 11.4. The molecule has 0 aliphatic carbocycles. The third-order valence-electron chi connectivity index (χ3n) is 3.04. The van der Waals surface area contributed by atoms with Crippen molar-refractivity contribution in [2.24, 2.45) is 5.41 Å². The number of hydrogen-bond donors (Lipinski definition) is 1. The van der Waals surface area contributed by atoms with Gasteiger partial charge in [-0.05, 0) is 17.9 Å². The number of anilines is 1. The fraction of sp³-hybridized carbons (Fsp3) is 0.412. The minimum absolute atomic E-state index is 0.0244. The van der Waals surface area contributed by atoms with Gasteiger partial charge in [0.25, 0.3) is 0 Å². The third-order valence-corrected chi connectivity index (χ3v) is 3.04. The van der Waals surface area contributed by atoms with Gasteiger partial charge < -0.3 is 5.32 Å². The van der Waals surface area contributed by atoms with Crippen LogP contribution in [-0.4, -0.2) is 15.7 Å². The summed E-state index contributed by atoms with van der Waals surface area (Å²) in [7, 11) is 0. The maximum absolute atomic E-state index is 12.1. The second kappa shape index (κ2) is 6.12. The Balaban J connectivity index is 2.12. The average Bonchev–Trinajstić information content (AvgIpc) is 2.68. The highest BCUT2D eigenvalue weighted by atomic mass is 16.1. The zero-order valence-electron chi connectivity index (χ0n) is 13.2. The summed E-state index contributed by atoms with van der Waals surface area (Å²) in [5, 5.41) is 7.43. The summed E-state index contributed by atoms with van der Waals surface area (Å²) >= 11 is 0. The molecule has 0 spiro atoms. The Morgan fingerprint density at radius 1 is 1.24 bits per heavy atom. The van der Waals surface area contributed by atoms with E-state index in [1.807, 2.05) is 35.9 Å². The number of carbonyl (C=O) groups excluding carboxylic acids is 1. The molecule has 0 radical (unpaired) electrons. The van der Waals surface area contributed by atoms with Gasteiger partial charge in [0.15, 0.2) is 0 Å². The van der Waals surface area contributed by atoms with E-state index in [-0.39, 0.29) is 11.3 Å². The Morgan fingerprint density at radius 2 is 1.90 bits per heavy atom. The first-order valence-corrected chi connectivity index (χ1v) is 7.22. The van der Waals surface area contributed by atoms with Gasteiger partial charge in [-0.1, -0.05) is 51.1 Å². The molecule has 2 rings (SSSR count). The van der Waals surface area contributed by atoms with Crippen molar-refractivity contribution in [3.8, 4) is 0 Å². The Labute approximate surface area is 126 Å². The number of nitrogens with zero attached hydrogens (tertiary/aromatic N) is 2. The lowest BCUT2D eigenvalue weighted by molar-refractivity contribution is -0.117. The standard InChI is InChI=1S/C17H23N3O/c1-13-10-15(18-16(21)11-17(2,3)4)20(19-13)12-14-8-6-5-7-9-14/h5-10H,11-12H2,1-4H3,(H,18,21). The zero-order chi connectivity index (χ0) is 15.5. The fourth-order valence-electron chi connectivity index (χ4n) is 2.19. The van der Waals surface area contributed by atoms with Crippen LogP contribution in [0, 0.1) is 12.3 Å². The number of aromatic nitrogens is 2. The minimum atomic E-state index is -0.0244. The molecular formula is C17H23N3O.